The molecule has 0 spiro atoms. The fourth-order valence-corrected chi connectivity index (χ4v) is 2.69. The standard InChI is InChI=1S/C16H17F3O3S/c1-2-3-4-5-12-6-7-13-8-9-15(11-14(13)10-12)22-23(20,21)16(17,18)19/h6-11H,2-5H2,1H3. The third-order valence-corrected chi connectivity index (χ3v) is 4.41. The first-order valence-corrected chi connectivity index (χ1v) is 8.67. The molecule has 0 heterocycles. The van der Waals surface area contributed by atoms with Gasteiger partial charge in [0.25, 0.3) is 0 Å². The second kappa shape index (κ2) is 6.78. The lowest BCUT2D eigenvalue weighted by molar-refractivity contribution is -0.0500. The van der Waals surface area contributed by atoms with E-state index in [-0.39, 0.29) is 5.75 Å². The van der Waals surface area contributed by atoms with E-state index in [1.165, 1.54) is 18.2 Å². The number of aryl methyl sites for hydroxylation is 1. The van der Waals surface area contributed by atoms with Crippen molar-refractivity contribution >= 4 is 20.9 Å². The van der Waals surface area contributed by atoms with E-state index in [0.717, 1.165) is 36.6 Å². The van der Waals surface area contributed by atoms with Crippen LogP contribution in [-0.2, 0) is 16.5 Å². The van der Waals surface area contributed by atoms with Crippen LogP contribution in [0.15, 0.2) is 36.4 Å². The molecule has 0 aliphatic heterocycles. The number of alkyl halides is 3. The van der Waals surface area contributed by atoms with Crippen molar-refractivity contribution in [2.75, 3.05) is 0 Å². The summed E-state index contributed by atoms with van der Waals surface area (Å²) in [4.78, 5) is 0. The third kappa shape index (κ3) is 4.37. The van der Waals surface area contributed by atoms with Gasteiger partial charge in [0, 0.05) is 0 Å². The van der Waals surface area contributed by atoms with Gasteiger partial charge in [0.15, 0.2) is 0 Å². The van der Waals surface area contributed by atoms with Crippen molar-refractivity contribution in [1.82, 2.24) is 0 Å². The van der Waals surface area contributed by atoms with Crippen LogP contribution in [0, 0.1) is 0 Å². The first-order chi connectivity index (χ1) is 10.7. The Morgan fingerprint density at radius 2 is 1.70 bits per heavy atom. The Labute approximate surface area is 133 Å². The van der Waals surface area contributed by atoms with Crippen molar-refractivity contribution in [2.45, 2.75) is 38.1 Å². The number of benzene rings is 2. The quantitative estimate of drug-likeness (QED) is 0.429. The molecule has 0 bridgehead atoms. The molecule has 0 saturated carbocycles. The summed E-state index contributed by atoms with van der Waals surface area (Å²) >= 11 is 0. The molecule has 0 N–H and O–H groups in total. The average molecular weight is 346 g/mol. The van der Waals surface area contributed by atoms with E-state index in [1.54, 1.807) is 0 Å². The molecule has 0 atom stereocenters. The van der Waals surface area contributed by atoms with Gasteiger partial charge in [0.2, 0.25) is 0 Å². The second-order valence-corrected chi connectivity index (χ2v) is 6.82. The normalized spacial score (nSPS) is 12.5. The molecule has 2 aromatic rings. The summed E-state index contributed by atoms with van der Waals surface area (Å²) in [7, 11) is -5.65. The topological polar surface area (TPSA) is 43.4 Å². The number of halogens is 3. The van der Waals surface area contributed by atoms with E-state index in [1.807, 2.05) is 18.2 Å². The number of hydrogen-bond donors (Lipinski definition) is 0. The molecule has 0 amide bonds. The van der Waals surface area contributed by atoms with Crippen LogP contribution in [0.3, 0.4) is 0 Å². The van der Waals surface area contributed by atoms with Gasteiger partial charge in [0.1, 0.15) is 5.75 Å². The van der Waals surface area contributed by atoms with Gasteiger partial charge in [-0.25, -0.2) is 0 Å². The SMILES string of the molecule is CCCCCc1ccc2ccc(OS(=O)(=O)C(F)(F)F)cc2c1. The Bertz CT molecular complexity index is 783. The lowest BCUT2D eigenvalue weighted by atomic mass is 10.0. The van der Waals surface area contributed by atoms with E-state index in [4.69, 9.17) is 0 Å². The van der Waals surface area contributed by atoms with Crippen molar-refractivity contribution < 1.29 is 25.8 Å². The van der Waals surface area contributed by atoms with Crippen molar-refractivity contribution in [2.24, 2.45) is 0 Å². The zero-order valence-corrected chi connectivity index (χ0v) is 13.4. The lowest BCUT2D eigenvalue weighted by Gasteiger charge is -2.10. The molecular formula is C16H17F3O3S. The van der Waals surface area contributed by atoms with Crippen molar-refractivity contribution in [1.29, 1.82) is 0 Å². The molecule has 126 valence electrons. The first kappa shape index (κ1) is 17.6. The molecule has 0 aliphatic rings. The van der Waals surface area contributed by atoms with Gasteiger partial charge in [-0.05, 0) is 41.3 Å². The Morgan fingerprint density at radius 1 is 1.00 bits per heavy atom. The molecule has 2 rings (SSSR count). The van der Waals surface area contributed by atoms with Crippen LogP contribution < -0.4 is 4.18 Å². The Balaban J connectivity index is 2.26. The highest BCUT2D eigenvalue weighted by atomic mass is 32.2. The van der Waals surface area contributed by atoms with Crippen molar-refractivity contribution in [3.8, 4) is 5.75 Å². The minimum atomic E-state index is -5.65. The number of fused-ring (bicyclic) bond motifs is 1. The minimum absolute atomic E-state index is 0.347. The van der Waals surface area contributed by atoms with Crippen LogP contribution >= 0.6 is 0 Å². The van der Waals surface area contributed by atoms with E-state index in [2.05, 4.69) is 11.1 Å². The largest absolute Gasteiger partial charge is 0.534 e. The number of unbranched alkanes of at least 4 members (excludes halogenated alkanes) is 2. The summed E-state index contributed by atoms with van der Waals surface area (Å²) in [5.74, 6) is -0.347. The zero-order chi connectivity index (χ0) is 17.1. The van der Waals surface area contributed by atoms with Crippen LogP contribution in [0.25, 0.3) is 10.8 Å². The van der Waals surface area contributed by atoms with Crippen LogP contribution in [0.2, 0.25) is 0 Å². The second-order valence-electron chi connectivity index (χ2n) is 5.28. The lowest BCUT2D eigenvalue weighted by Crippen LogP contribution is -2.28. The van der Waals surface area contributed by atoms with Gasteiger partial charge in [-0.1, -0.05) is 44.0 Å². The maximum Gasteiger partial charge on any atom is 0.534 e. The Kier molecular flexibility index (Phi) is 5.19. The van der Waals surface area contributed by atoms with Crippen molar-refractivity contribution in [3.05, 3.63) is 42.0 Å². The predicted molar refractivity (Wildman–Crippen MR) is 82.8 cm³/mol. The molecule has 0 radical (unpaired) electrons. The molecule has 23 heavy (non-hydrogen) atoms. The monoisotopic (exact) mass is 346 g/mol. The summed E-state index contributed by atoms with van der Waals surface area (Å²) in [5, 5.41) is 1.45. The third-order valence-electron chi connectivity index (χ3n) is 3.43. The van der Waals surface area contributed by atoms with Crippen LogP contribution in [-0.4, -0.2) is 13.9 Å². The van der Waals surface area contributed by atoms with E-state index in [0.29, 0.717) is 5.39 Å². The molecular weight excluding hydrogens is 329 g/mol. The number of rotatable bonds is 6. The molecule has 3 nitrogen and oxygen atoms in total. The van der Waals surface area contributed by atoms with Gasteiger partial charge in [-0.2, -0.15) is 21.6 Å². The molecule has 0 saturated heterocycles. The van der Waals surface area contributed by atoms with Crippen molar-refractivity contribution in [3.63, 3.8) is 0 Å². The van der Waals surface area contributed by atoms with Crippen LogP contribution in [0.4, 0.5) is 13.2 Å². The van der Waals surface area contributed by atoms with Crippen LogP contribution in [0.5, 0.6) is 5.75 Å². The van der Waals surface area contributed by atoms with E-state index < -0.39 is 15.6 Å². The molecule has 2 aromatic carbocycles. The van der Waals surface area contributed by atoms with Gasteiger partial charge in [-0.15, -0.1) is 0 Å². The number of hydrogen-bond acceptors (Lipinski definition) is 3. The summed E-state index contributed by atoms with van der Waals surface area (Å²) < 4.78 is 63.3. The summed E-state index contributed by atoms with van der Waals surface area (Å²) in [6.45, 7) is 2.10. The van der Waals surface area contributed by atoms with Crippen LogP contribution in [0.1, 0.15) is 31.7 Å². The smallest absolute Gasteiger partial charge is 0.376 e. The molecule has 0 aromatic heterocycles. The maximum atomic E-state index is 12.4. The highest BCUT2D eigenvalue weighted by molar-refractivity contribution is 7.88. The van der Waals surface area contributed by atoms with E-state index >= 15 is 0 Å². The first-order valence-electron chi connectivity index (χ1n) is 7.26. The summed E-state index contributed by atoms with van der Waals surface area (Å²) in [5.41, 5.74) is -4.38. The minimum Gasteiger partial charge on any atom is -0.376 e. The molecule has 7 heteroatoms. The van der Waals surface area contributed by atoms with Gasteiger partial charge >= 0.3 is 15.6 Å². The summed E-state index contributed by atoms with van der Waals surface area (Å²) in [6, 6.07) is 9.72. The molecule has 0 fully saturated rings. The zero-order valence-electron chi connectivity index (χ0n) is 12.6. The summed E-state index contributed by atoms with van der Waals surface area (Å²) in [6.07, 6.45) is 4.10. The molecule has 0 aliphatic carbocycles. The average Bonchev–Trinajstić information content (AvgIpc) is 2.45. The fourth-order valence-electron chi connectivity index (χ4n) is 2.23. The van der Waals surface area contributed by atoms with Gasteiger partial charge in [-0.3, -0.25) is 0 Å². The highest BCUT2D eigenvalue weighted by Gasteiger charge is 2.48. The Hall–Kier alpha value is -1.76. The van der Waals surface area contributed by atoms with E-state index in [9.17, 15) is 21.6 Å². The maximum absolute atomic E-state index is 12.4. The fraction of sp³-hybridized carbons (Fsp3) is 0.375. The van der Waals surface area contributed by atoms with Gasteiger partial charge in [0.05, 0.1) is 0 Å². The van der Waals surface area contributed by atoms with Gasteiger partial charge < -0.3 is 4.18 Å². The Morgan fingerprint density at radius 3 is 2.35 bits per heavy atom. The highest BCUT2D eigenvalue weighted by Crippen LogP contribution is 2.29. The predicted octanol–water partition coefficient (Wildman–Crippen LogP) is 4.80. The molecule has 0 unspecified atom stereocenters.